The molecule has 3 nitrogen and oxygen atoms in total. The van der Waals surface area contributed by atoms with E-state index >= 15 is 0 Å². The van der Waals surface area contributed by atoms with Gasteiger partial charge in [-0.1, -0.05) is 51.7 Å². The van der Waals surface area contributed by atoms with Crippen molar-refractivity contribution in [2.24, 2.45) is 0 Å². The summed E-state index contributed by atoms with van der Waals surface area (Å²) in [5.74, 6) is 0. The van der Waals surface area contributed by atoms with Gasteiger partial charge in [0.25, 0.3) is 0 Å². The van der Waals surface area contributed by atoms with Gasteiger partial charge in [-0.3, -0.25) is 0 Å². The van der Waals surface area contributed by atoms with E-state index in [4.69, 9.17) is 5.26 Å². The Bertz CT molecular complexity index is 501. The van der Waals surface area contributed by atoms with Gasteiger partial charge in [0, 0.05) is 18.3 Å². The van der Waals surface area contributed by atoms with Gasteiger partial charge in [0.1, 0.15) is 0 Å². The van der Waals surface area contributed by atoms with Crippen LogP contribution in [0.4, 0.5) is 0 Å². The predicted octanol–water partition coefficient (Wildman–Crippen LogP) is 4.31. The Morgan fingerprint density at radius 1 is 1.50 bits per heavy atom. The standard InChI is InChI=1S/C17H23N3.C2H6/c1-5-12-20(4)15-8-7-9-16(14(3)13-18)17(11-10-15)19-6-2;1-2/h5,8-12,17,19H,3,6-7H2,1-2,4H3;1-2H3/b11-10?,12-5-,15-8+,16-9-;. The molecule has 0 aromatic heterocycles. The maximum Gasteiger partial charge on any atom is 0.0988 e. The summed E-state index contributed by atoms with van der Waals surface area (Å²) in [6, 6.07) is 2.18. The Kier molecular flexibility index (Phi) is 10.5. The third-order valence-electron chi connectivity index (χ3n) is 3.15. The molecule has 3 heteroatoms. The molecule has 1 unspecified atom stereocenters. The molecule has 120 valence electrons. The molecule has 22 heavy (non-hydrogen) atoms. The van der Waals surface area contributed by atoms with Crippen LogP contribution in [0.25, 0.3) is 0 Å². The maximum atomic E-state index is 9.07. The summed E-state index contributed by atoms with van der Waals surface area (Å²) in [5, 5.41) is 12.4. The van der Waals surface area contributed by atoms with Crippen molar-refractivity contribution in [2.75, 3.05) is 13.6 Å². The second kappa shape index (κ2) is 11.6. The molecular formula is C19H29N3. The average molecular weight is 299 g/mol. The van der Waals surface area contributed by atoms with Crippen LogP contribution in [0.2, 0.25) is 0 Å². The van der Waals surface area contributed by atoms with Gasteiger partial charge in [-0.2, -0.15) is 5.26 Å². The van der Waals surface area contributed by atoms with E-state index in [1.165, 1.54) is 0 Å². The topological polar surface area (TPSA) is 39.1 Å². The van der Waals surface area contributed by atoms with Gasteiger partial charge in [0.15, 0.2) is 0 Å². The van der Waals surface area contributed by atoms with E-state index in [9.17, 15) is 0 Å². The zero-order valence-electron chi connectivity index (χ0n) is 14.6. The van der Waals surface area contributed by atoms with Crippen LogP contribution in [0.15, 0.2) is 60.0 Å². The molecule has 0 radical (unpaired) electrons. The van der Waals surface area contributed by atoms with Crippen LogP contribution >= 0.6 is 0 Å². The molecule has 1 atom stereocenters. The molecule has 0 fully saturated rings. The lowest BCUT2D eigenvalue weighted by Crippen LogP contribution is -2.30. The summed E-state index contributed by atoms with van der Waals surface area (Å²) in [6.07, 6.45) is 13.2. The molecule has 0 heterocycles. The third-order valence-corrected chi connectivity index (χ3v) is 3.15. The van der Waals surface area contributed by atoms with Crippen molar-refractivity contribution < 1.29 is 0 Å². The summed E-state index contributed by atoms with van der Waals surface area (Å²) in [5.41, 5.74) is 2.64. The molecule has 0 spiro atoms. The first-order chi connectivity index (χ1) is 10.6. The zero-order chi connectivity index (χ0) is 17.0. The maximum absolute atomic E-state index is 9.07. The number of nitrogens with zero attached hydrogens (tertiary/aromatic N) is 2. The molecule has 1 aliphatic rings. The van der Waals surface area contributed by atoms with Crippen molar-refractivity contribution in [3.63, 3.8) is 0 Å². The Balaban J connectivity index is 0.00000211. The molecule has 0 aromatic carbocycles. The Labute approximate surface area is 136 Å². The number of hydrogen-bond donors (Lipinski definition) is 1. The summed E-state index contributed by atoms with van der Waals surface area (Å²) in [7, 11) is 2.03. The lowest BCUT2D eigenvalue weighted by molar-refractivity contribution is 0.581. The fraction of sp³-hybridized carbons (Fsp3) is 0.421. The van der Waals surface area contributed by atoms with Crippen LogP contribution in [0.5, 0.6) is 0 Å². The lowest BCUT2D eigenvalue weighted by Gasteiger charge is -2.21. The normalized spacial score (nSPS) is 22.1. The van der Waals surface area contributed by atoms with Gasteiger partial charge in [-0.15, -0.1) is 0 Å². The van der Waals surface area contributed by atoms with Crippen LogP contribution < -0.4 is 5.32 Å². The van der Waals surface area contributed by atoms with Crippen molar-refractivity contribution in [3.8, 4) is 6.07 Å². The van der Waals surface area contributed by atoms with Gasteiger partial charge in [0.2, 0.25) is 0 Å². The highest BCUT2D eigenvalue weighted by Gasteiger charge is 2.14. The van der Waals surface area contributed by atoms with E-state index in [0.717, 1.165) is 24.2 Å². The second-order valence-corrected chi connectivity index (χ2v) is 4.60. The van der Waals surface area contributed by atoms with Gasteiger partial charge in [-0.05, 0) is 37.7 Å². The molecule has 0 amide bonds. The number of hydrogen-bond acceptors (Lipinski definition) is 3. The lowest BCUT2D eigenvalue weighted by atomic mass is 9.96. The number of likely N-dealkylation sites (N-methyl/N-ethyl adjacent to an activating group) is 2. The van der Waals surface area contributed by atoms with E-state index in [0.29, 0.717) is 5.57 Å². The average Bonchev–Trinajstić information content (AvgIpc) is 2.52. The molecule has 1 N–H and O–H groups in total. The third kappa shape index (κ3) is 6.15. The summed E-state index contributed by atoms with van der Waals surface area (Å²) < 4.78 is 0. The monoisotopic (exact) mass is 299 g/mol. The molecular weight excluding hydrogens is 270 g/mol. The molecule has 0 aromatic rings. The Morgan fingerprint density at radius 3 is 2.73 bits per heavy atom. The molecule has 0 saturated heterocycles. The highest BCUT2D eigenvalue weighted by atomic mass is 15.1. The molecule has 1 aliphatic carbocycles. The van der Waals surface area contributed by atoms with Gasteiger partial charge >= 0.3 is 0 Å². The van der Waals surface area contributed by atoms with Gasteiger partial charge in [0.05, 0.1) is 12.1 Å². The van der Waals surface area contributed by atoms with Crippen LogP contribution in [-0.2, 0) is 0 Å². The largest absolute Gasteiger partial charge is 0.352 e. The van der Waals surface area contributed by atoms with Gasteiger partial charge < -0.3 is 10.2 Å². The SMILES string of the molecule is C=C(C#N)/C1=C/C/C=C(/N(C)/C=C\C)C=CC1NCC.CC. The smallest absolute Gasteiger partial charge is 0.0988 e. The molecule has 1 rings (SSSR count). The second-order valence-electron chi connectivity index (χ2n) is 4.60. The van der Waals surface area contributed by atoms with Crippen LogP contribution in [0, 0.1) is 11.3 Å². The Hall–Kier alpha value is -2.05. The van der Waals surface area contributed by atoms with E-state index in [-0.39, 0.29) is 6.04 Å². The quantitative estimate of drug-likeness (QED) is 0.769. The highest BCUT2D eigenvalue weighted by Crippen LogP contribution is 2.19. The molecule has 0 saturated carbocycles. The van der Waals surface area contributed by atoms with Crippen LogP contribution in [-0.4, -0.2) is 24.5 Å². The minimum absolute atomic E-state index is 0.0369. The van der Waals surface area contributed by atoms with E-state index < -0.39 is 0 Å². The minimum atomic E-state index is 0.0369. The van der Waals surface area contributed by atoms with Crippen molar-refractivity contribution >= 4 is 0 Å². The fourth-order valence-electron chi connectivity index (χ4n) is 2.14. The predicted molar refractivity (Wildman–Crippen MR) is 96.1 cm³/mol. The first-order valence-electron chi connectivity index (χ1n) is 7.90. The van der Waals surface area contributed by atoms with Crippen molar-refractivity contribution in [2.45, 2.75) is 40.2 Å². The summed E-state index contributed by atoms with van der Waals surface area (Å²) in [4.78, 5) is 2.08. The van der Waals surface area contributed by atoms with Gasteiger partial charge in [-0.25, -0.2) is 0 Å². The highest BCUT2D eigenvalue weighted by molar-refractivity contribution is 5.46. The summed E-state index contributed by atoms with van der Waals surface area (Å²) >= 11 is 0. The minimum Gasteiger partial charge on any atom is -0.352 e. The number of rotatable bonds is 5. The first kappa shape index (κ1) is 19.9. The van der Waals surface area contributed by atoms with Crippen molar-refractivity contribution in [3.05, 3.63) is 60.0 Å². The van der Waals surface area contributed by atoms with E-state index in [1.807, 2.05) is 40.1 Å². The first-order valence-corrected chi connectivity index (χ1v) is 7.90. The van der Waals surface area contributed by atoms with Crippen molar-refractivity contribution in [1.82, 2.24) is 10.2 Å². The van der Waals surface area contributed by atoms with Crippen molar-refractivity contribution in [1.29, 1.82) is 5.26 Å². The number of allylic oxidation sites excluding steroid dienone is 4. The summed E-state index contributed by atoms with van der Waals surface area (Å²) in [6.45, 7) is 12.7. The number of nitriles is 1. The Morgan fingerprint density at radius 2 is 2.18 bits per heavy atom. The van der Waals surface area contributed by atoms with Crippen LogP contribution in [0.1, 0.15) is 34.1 Å². The molecule has 0 bridgehead atoms. The van der Waals surface area contributed by atoms with Crippen LogP contribution in [0.3, 0.4) is 0 Å². The van der Waals surface area contributed by atoms with E-state index in [1.54, 1.807) is 0 Å². The van der Waals surface area contributed by atoms with E-state index in [2.05, 4.69) is 54.1 Å². The zero-order valence-corrected chi connectivity index (χ0v) is 14.6. The number of nitrogens with one attached hydrogen (secondary N) is 1. The fourth-order valence-corrected chi connectivity index (χ4v) is 2.14. The molecule has 0 aliphatic heterocycles.